The number of carbonyl (C=O) groups excluding carboxylic acids is 3. The lowest BCUT2D eigenvalue weighted by Gasteiger charge is -2.14. The smallest absolute Gasteiger partial charge is 0.193 e. The third-order valence-electron chi connectivity index (χ3n) is 6.55. The molecule has 0 heterocycles. The first-order valence-corrected chi connectivity index (χ1v) is 12.5. The van der Waals surface area contributed by atoms with Crippen LogP contribution in [-0.4, -0.2) is 17.3 Å². The third-order valence-corrected chi connectivity index (χ3v) is 6.55. The monoisotopic (exact) mass is 498 g/mol. The molecular weight excluding hydrogens is 472 g/mol. The molecule has 0 atom stereocenters. The molecule has 38 heavy (non-hydrogen) atoms. The van der Waals surface area contributed by atoms with Crippen molar-refractivity contribution in [2.45, 2.75) is 19.8 Å². The zero-order valence-electron chi connectivity index (χ0n) is 21.0. The molecule has 1 aliphatic carbocycles. The molecule has 0 aromatic heterocycles. The van der Waals surface area contributed by atoms with Gasteiger partial charge in [-0.05, 0) is 68.3 Å². The van der Waals surface area contributed by atoms with Gasteiger partial charge >= 0.3 is 0 Å². The van der Waals surface area contributed by atoms with Gasteiger partial charge in [-0.15, -0.1) is 0 Å². The van der Waals surface area contributed by atoms with Crippen molar-refractivity contribution in [2.75, 3.05) is 0 Å². The highest BCUT2D eigenvalue weighted by molar-refractivity contribution is 6.12. The summed E-state index contributed by atoms with van der Waals surface area (Å²) in [5.74, 6) is 1.09. The van der Waals surface area contributed by atoms with Gasteiger partial charge in [-0.25, -0.2) is 0 Å². The predicted octanol–water partition coefficient (Wildman–Crippen LogP) is 7.73. The lowest BCUT2D eigenvalue weighted by atomic mass is 9.89. The quantitative estimate of drug-likeness (QED) is 0.233. The molecule has 186 valence electrons. The number of hydrogen-bond donors (Lipinski definition) is 0. The molecule has 0 unspecified atom stereocenters. The zero-order chi connectivity index (χ0) is 26.5. The maximum atomic E-state index is 13.0. The van der Waals surface area contributed by atoms with Gasteiger partial charge in [-0.1, -0.05) is 72.3 Å². The van der Waals surface area contributed by atoms with E-state index in [1.165, 1.54) is 0 Å². The molecule has 0 N–H and O–H groups in total. The summed E-state index contributed by atoms with van der Waals surface area (Å²) in [5.41, 5.74) is 4.95. The van der Waals surface area contributed by atoms with E-state index in [-0.39, 0.29) is 17.3 Å². The fraction of sp³-hybridized carbons (Fsp3) is 0.0882. The second kappa shape index (κ2) is 11.1. The molecule has 4 nitrogen and oxygen atoms in total. The van der Waals surface area contributed by atoms with Crippen molar-refractivity contribution in [3.63, 3.8) is 0 Å². The van der Waals surface area contributed by atoms with Gasteiger partial charge in [0.1, 0.15) is 11.5 Å². The fourth-order valence-corrected chi connectivity index (χ4v) is 4.33. The van der Waals surface area contributed by atoms with Crippen LogP contribution in [0.25, 0.3) is 0 Å². The molecule has 4 aromatic carbocycles. The summed E-state index contributed by atoms with van der Waals surface area (Å²) in [6.07, 6.45) is 4.58. The van der Waals surface area contributed by atoms with Crippen LogP contribution in [-0.2, 0) is 0 Å². The zero-order valence-corrected chi connectivity index (χ0v) is 21.0. The van der Waals surface area contributed by atoms with Crippen molar-refractivity contribution < 1.29 is 19.1 Å². The summed E-state index contributed by atoms with van der Waals surface area (Å²) < 4.78 is 5.90. The van der Waals surface area contributed by atoms with Crippen LogP contribution in [0, 0.1) is 6.92 Å². The molecule has 0 saturated heterocycles. The van der Waals surface area contributed by atoms with Crippen molar-refractivity contribution in [2.24, 2.45) is 0 Å². The van der Waals surface area contributed by atoms with E-state index >= 15 is 0 Å². The molecule has 1 aliphatic rings. The van der Waals surface area contributed by atoms with Gasteiger partial charge in [0.25, 0.3) is 0 Å². The second-order valence-corrected chi connectivity index (χ2v) is 9.25. The molecule has 0 amide bonds. The Morgan fingerprint density at radius 1 is 0.500 bits per heavy atom. The number of allylic oxidation sites excluding steroid dienone is 4. The molecule has 0 fully saturated rings. The van der Waals surface area contributed by atoms with Crippen molar-refractivity contribution in [1.82, 2.24) is 0 Å². The van der Waals surface area contributed by atoms with Gasteiger partial charge in [0.05, 0.1) is 0 Å². The molecule has 5 rings (SSSR count). The van der Waals surface area contributed by atoms with Crippen molar-refractivity contribution in [1.29, 1.82) is 0 Å². The Labute approximate surface area is 221 Å². The highest BCUT2D eigenvalue weighted by atomic mass is 16.5. The molecule has 4 heteroatoms. The Morgan fingerprint density at radius 3 is 1.34 bits per heavy atom. The number of ether oxygens (including phenoxy) is 1. The summed E-state index contributed by atoms with van der Waals surface area (Å²) in [6.45, 7) is 1.99. The topological polar surface area (TPSA) is 60.4 Å². The largest absolute Gasteiger partial charge is 0.457 e. The third kappa shape index (κ3) is 5.60. The van der Waals surface area contributed by atoms with E-state index < -0.39 is 0 Å². The number of aryl methyl sites for hydroxylation is 1. The van der Waals surface area contributed by atoms with Crippen molar-refractivity contribution in [3.05, 3.63) is 154 Å². The van der Waals surface area contributed by atoms with E-state index in [9.17, 15) is 14.4 Å². The summed E-state index contributed by atoms with van der Waals surface area (Å²) in [4.78, 5) is 38.3. The summed E-state index contributed by atoms with van der Waals surface area (Å²) in [7, 11) is 0. The van der Waals surface area contributed by atoms with Gasteiger partial charge in [0.15, 0.2) is 17.3 Å². The first-order chi connectivity index (χ1) is 18.5. The molecule has 4 aromatic rings. The normalized spacial score (nSPS) is 12.8. The number of ketones is 3. The summed E-state index contributed by atoms with van der Waals surface area (Å²) in [5, 5.41) is 0. The number of Topliss-reactive ketones (excluding diaryl/α,β-unsaturated/α-hetero) is 2. The number of benzene rings is 4. The van der Waals surface area contributed by atoms with Crippen LogP contribution in [0.5, 0.6) is 11.5 Å². The van der Waals surface area contributed by atoms with Gasteiger partial charge in [0, 0.05) is 33.4 Å². The van der Waals surface area contributed by atoms with Crippen molar-refractivity contribution >= 4 is 17.3 Å². The van der Waals surface area contributed by atoms with Crippen LogP contribution in [0.1, 0.15) is 55.0 Å². The Morgan fingerprint density at radius 2 is 0.895 bits per heavy atom. The molecule has 0 radical (unpaired) electrons. The van der Waals surface area contributed by atoms with Crippen LogP contribution in [0.4, 0.5) is 0 Å². The van der Waals surface area contributed by atoms with Gasteiger partial charge in [-0.2, -0.15) is 0 Å². The van der Waals surface area contributed by atoms with Gasteiger partial charge in [0.2, 0.25) is 0 Å². The molecule has 0 bridgehead atoms. The minimum atomic E-state index is -0.0570. The predicted molar refractivity (Wildman–Crippen MR) is 148 cm³/mol. The van der Waals surface area contributed by atoms with Crippen LogP contribution < -0.4 is 4.74 Å². The summed E-state index contributed by atoms with van der Waals surface area (Å²) >= 11 is 0. The highest BCUT2D eigenvalue weighted by Crippen LogP contribution is 2.27. The minimum Gasteiger partial charge on any atom is -0.457 e. The Balaban J connectivity index is 1.22. The van der Waals surface area contributed by atoms with Crippen LogP contribution >= 0.6 is 0 Å². The number of hydrogen-bond acceptors (Lipinski definition) is 4. The lowest BCUT2D eigenvalue weighted by Crippen LogP contribution is -2.10. The highest BCUT2D eigenvalue weighted by Gasteiger charge is 2.19. The average Bonchev–Trinajstić information content (AvgIpc) is 2.98. The first kappa shape index (κ1) is 24.8. The summed E-state index contributed by atoms with van der Waals surface area (Å²) in [6, 6.07) is 30.6. The van der Waals surface area contributed by atoms with Gasteiger partial charge < -0.3 is 4.74 Å². The maximum Gasteiger partial charge on any atom is 0.193 e. The minimum absolute atomic E-state index is 0.00622. The molecule has 0 saturated carbocycles. The van der Waals surface area contributed by atoms with E-state index in [0.29, 0.717) is 57.7 Å². The van der Waals surface area contributed by atoms with Crippen LogP contribution in [0.3, 0.4) is 0 Å². The molecule has 0 spiro atoms. The van der Waals surface area contributed by atoms with Crippen molar-refractivity contribution in [3.8, 4) is 11.5 Å². The number of rotatable bonds is 8. The van der Waals surface area contributed by atoms with E-state index in [1.807, 2.05) is 49.4 Å². The lowest BCUT2D eigenvalue weighted by molar-refractivity contribution is 0.101. The SMILES string of the molecule is Cc1ccc(C(=O)C2=CC=C(C(=O)c3ccc(Oc4ccc(C(=O)c5ccccc5)cc4)cc3)CC2)cc1. The fourth-order valence-electron chi connectivity index (χ4n) is 4.33. The Hall–Kier alpha value is -4.83. The van der Waals surface area contributed by atoms with Gasteiger partial charge in [-0.3, -0.25) is 14.4 Å². The van der Waals surface area contributed by atoms with Crippen LogP contribution in [0.15, 0.2) is 126 Å². The molecule has 0 aliphatic heterocycles. The van der Waals surface area contributed by atoms with E-state index in [0.717, 1.165) is 5.56 Å². The first-order valence-electron chi connectivity index (χ1n) is 12.5. The Kier molecular flexibility index (Phi) is 7.23. The van der Waals surface area contributed by atoms with E-state index in [4.69, 9.17) is 4.74 Å². The van der Waals surface area contributed by atoms with E-state index in [1.54, 1.807) is 72.8 Å². The van der Waals surface area contributed by atoms with E-state index in [2.05, 4.69) is 0 Å². The standard InChI is InChI=1S/C34H26O4/c1-23-7-9-25(10-8-23)33(36)26-11-13-27(14-12-26)34(37)29-17-21-31(22-18-29)38-30-19-15-28(16-20-30)32(35)24-5-3-2-4-6-24/h2-11,13,15-22H,12,14H2,1H3. The Bertz CT molecular complexity index is 1540. The maximum absolute atomic E-state index is 13.0. The van der Waals surface area contributed by atoms with Crippen LogP contribution in [0.2, 0.25) is 0 Å². The second-order valence-electron chi connectivity index (χ2n) is 9.25. The molecular formula is C34H26O4. The number of carbonyl (C=O) groups is 3. The average molecular weight is 499 g/mol.